The highest BCUT2D eigenvalue weighted by Crippen LogP contribution is 2.50. The Labute approximate surface area is 155 Å². The second-order valence-electron chi connectivity index (χ2n) is 2.88. The molecule has 0 fully saturated rings. The number of halogens is 9. The summed E-state index contributed by atoms with van der Waals surface area (Å²) in [6.07, 6.45) is 0.238. The van der Waals surface area contributed by atoms with Gasteiger partial charge in [-0.2, -0.15) is 8.78 Å². The average molecular weight is 727 g/mol. The van der Waals surface area contributed by atoms with Crippen LogP contribution in [0.25, 0.3) is 0 Å². The first-order chi connectivity index (χ1) is 6.31. The molecule has 0 saturated heterocycles. The van der Waals surface area contributed by atoms with Gasteiger partial charge >= 0.3 is 0 Å². The monoisotopic (exact) mass is 724 g/mol. The van der Waals surface area contributed by atoms with Crippen molar-refractivity contribution in [3.05, 3.63) is 0 Å². The zero-order chi connectivity index (χ0) is 12.5. The summed E-state index contributed by atoms with van der Waals surface area (Å²) in [5.41, 5.74) is 0. The molecule has 0 radical (unpaired) electrons. The summed E-state index contributed by atoms with van der Waals surface area (Å²) >= 11 is 22.9. The first kappa shape index (κ1) is 18.6. The zero-order valence-corrected chi connectivity index (χ0v) is 18.0. The molecule has 0 amide bonds. The maximum atomic E-state index is 13.3. The first-order valence-electron chi connectivity index (χ1n) is 3.51. The van der Waals surface area contributed by atoms with E-state index >= 15 is 0 Å². The summed E-state index contributed by atoms with van der Waals surface area (Å²) < 4.78 is 22.0. The van der Waals surface area contributed by atoms with Crippen molar-refractivity contribution in [2.24, 2.45) is 5.92 Å². The van der Waals surface area contributed by atoms with E-state index in [1.807, 2.05) is 22.6 Å². The lowest BCUT2D eigenvalue weighted by Crippen LogP contribution is -2.28. The van der Waals surface area contributed by atoms with Gasteiger partial charge in [-0.15, -0.1) is 0 Å². The quantitative estimate of drug-likeness (QED) is 0.215. The van der Waals surface area contributed by atoms with Crippen LogP contribution in [0.15, 0.2) is 0 Å². The molecule has 0 N–H and O–H groups in total. The summed E-state index contributed by atoms with van der Waals surface area (Å²) in [7, 11) is 0. The molecule has 92 valence electrons. The summed E-state index contributed by atoms with van der Waals surface area (Å²) in [5, 5.41) is 0. The van der Waals surface area contributed by atoms with Gasteiger partial charge in [0.1, 0.15) is 1.24 Å². The number of hydrogen-bond donors (Lipinski definition) is 0. The van der Waals surface area contributed by atoms with Crippen molar-refractivity contribution in [2.45, 2.75) is 20.4 Å². The molecule has 15 heavy (non-hydrogen) atoms. The average Bonchev–Trinajstić information content (AvgIpc) is 1.75. The second kappa shape index (κ2) is 6.85. The van der Waals surface area contributed by atoms with Crippen molar-refractivity contribution in [1.82, 2.24) is 0 Å². The van der Waals surface area contributed by atoms with Crippen LogP contribution in [0, 0.1) is 5.92 Å². The molecule has 0 aromatic carbocycles. The number of alkyl halides is 9. The molecule has 0 bridgehead atoms. The Balaban J connectivity index is 4.62. The van der Waals surface area contributed by atoms with Crippen molar-refractivity contribution in [1.29, 1.82) is 0 Å². The third kappa shape index (κ3) is 11.1. The third-order valence-corrected chi connectivity index (χ3v) is 4.14. The molecule has 0 aromatic heterocycles. The minimum absolute atomic E-state index is 0.0224. The predicted octanol–water partition coefficient (Wildman–Crippen LogP) is 6.86. The SMILES string of the molecule is FC(F)(I)C(CC(Cl)(Cl)I)CC(Br)(Br)I. The lowest BCUT2D eigenvalue weighted by molar-refractivity contribution is 0.0517. The Bertz CT molecular complexity index is 196. The van der Waals surface area contributed by atoms with Gasteiger partial charge < -0.3 is 0 Å². The highest BCUT2D eigenvalue weighted by atomic mass is 127. The number of hydrogen-bond acceptors (Lipinski definition) is 0. The molecule has 9 heteroatoms. The van der Waals surface area contributed by atoms with E-state index in [4.69, 9.17) is 23.2 Å². The van der Waals surface area contributed by atoms with Gasteiger partial charge in [0.25, 0.3) is 3.93 Å². The smallest absolute Gasteiger partial charge is 0.195 e. The largest absolute Gasteiger partial charge is 0.299 e. The fraction of sp³-hybridized carbons (Fsp3) is 1.00. The molecular weight excluding hydrogens is 721 g/mol. The lowest BCUT2D eigenvalue weighted by atomic mass is 10.0. The van der Waals surface area contributed by atoms with E-state index in [9.17, 15) is 8.78 Å². The van der Waals surface area contributed by atoms with Gasteiger partial charge in [-0.1, -0.05) is 77.7 Å². The lowest BCUT2D eigenvalue weighted by Gasteiger charge is -2.28. The maximum Gasteiger partial charge on any atom is 0.299 e. The fourth-order valence-electron chi connectivity index (χ4n) is 0.862. The highest BCUT2D eigenvalue weighted by molar-refractivity contribution is 14.1. The van der Waals surface area contributed by atoms with Gasteiger partial charge in [-0.05, 0) is 58.0 Å². The molecule has 0 heterocycles. The standard InChI is InChI=1S/C6H5Br2Cl2F2I3/c7-4(8,13)1-3(6(11,12)15)2-5(9,10)14/h3H,1-2H2. The Morgan fingerprint density at radius 3 is 1.67 bits per heavy atom. The van der Waals surface area contributed by atoms with Gasteiger partial charge in [0.2, 0.25) is 0 Å². The van der Waals surface area contributed by atoms with Crippen LogP contribution in [0.2, 0.25) is 0 Å². The van der Waals surface area contributed by atoms with E-state index in [0.29, 0.717) is 0 Å². The molecule has 0 aliphatic heterocycles. The van der Waals surface area contributed by atoms with Crippen molar-refractivity contribution < 1.29 is 8.78 Å². The summed E-state index contributed by atoms with van der Waals surface area (Å²) in [4.78, 5) is 0. The normalized spacial score (nSPS) is 16.6. The predicted molar refractivity (Wildman–Crippen MR) is 94.8 cm³/mol. The van der Waals surface area contributed by atoms with Gasteiger partial charge in [-0.25, -0.2) is 0 Å². The van der Waals surface area contributed by atoms with E-state index in [-0.39, 0.29) is 12.8 Å². The summed E-state index contributed by atoms with van der Waals surface area (Å²) in [6, 6.07) is 0. The molecule has 0 nitrogen and oxygen atoms in total. The van der Waals surface area contributed by atoms with Gasteiger partial charge in [0, 0.05) is 5.92 Å². The third-order valence-electron chi connectivity index (χ3n) is 1.42. The van der Waals surface area contributed by atoms with Crippen LogP contribution >= 0.6 is 123 Å². The van der Waals surface area contributed by atoms with Crippen molar-refractivity contribution in [2.75, 3.05) is 0 Å². The number of rotatable bonds is 5. The van der Waals surface area contributed by atoms with Crippen LogP contribution in [0.3, 0.4) is 0 Å². The van der Waals surface area contributed by atoms with Crippen LogP contribution in [-0.2, 0) is 0 Å². The molecule has 0 aliphatic carbocycles. The van der Waals surface area contributed by atoms with Crippen molar-refractivity contribution in [3.8, 4) is 0 Å². The van der Waals surface area contributed by atoms with E-state index in [2.05, 4.69) is 31.9 Å². The van der Waals surface area contributed by atoms with Gasteiger partial charge in [0.05, 0.1) is 0 Å². The molecular formula is C6H5Br2Cl2F2I3. The van der Waals surface area contributed by atoms with Crippen LogP contribution in [-0.4, -0.2) is 7.51 Å². The van der Waals surface area contributed by atoms with Crippen molar-refractivity contribution in [3.63, 3.8) is 0 Å². The van der Waals surface area contributed by atoms with Gasteiger partial charge in [-0.3, -0.25) is 0 Å². The second-order valence-corrected chi connectivity index (χ2v) is 17.5. The minimum atomic E-state index is -2.84. The van der Waals surface area contributed by atoms with Crippen LogP contribution in [0.4, 0.5) is 8.78 Å². The molecule has 1 unspecified atom stereocenters. The van der Waals surface area contributed by atoms with E-state index in [1.165, 1.54) is 0 Å². The Morgan fingerprint density at radius 2 is 1.47 bits per heavy atom. The van der Waals surface area contributed by atoms with Crippen LogP contribution < -0.4 is 0 Å². The summed E-state index contributed by atoms with van der Waals surface area (Å²) in [6.45, 7) is 0. The molecule has 0 saturated carbocycles. The minimum Gasteiger partial charge on any atom is -0.195 e. The van der Waals surface area contributed by atoms with Crippen LogP contribution in [0.1, 0.15) is 12.8 Å². The molecule has 0 aromatic rings. The highest BCUT2D eigenvalue weighted by Gasteiger charge is 2.43. The molecule has 0 spiro atoms. The van der Waals surface area contributed by atoms with Gasteiger partial charge in [0.15, 0.2) is 2.34 Å². The zero-order valence-electron chi connectivity index (χ0n) is 6.89. The van der Waals surface area contributed by atoms with E-state index < -0.39 is 13.4 Å². The van der Waals surface area contributed by atoms with Crippen molar-refractivity contribution >= 4 is 123 Å². The van der Waals surface area contributed by atoms with Crippen LogP contribution in [0.5, 0.6) is 0 Å². The Morgan fingerprint density at radius 1 is 1.07 bits per heavy atom. The Kier molecular flexibility index (Phi) is 8.49. The molecule has 1 atom stereocenters. The Hall–Kier alpha value is 3.59. The maximum absolute atomic E-state index is 13.3. The first-order valence-corrected chi connectivity index (χ1v) is 9.09. The van der Waals surface area contributed by atoms with E-state index in [0.717, 1.165) is 22.6 Å². The topological polar surface area (TPSA) is 0 Å². The van der Waals surface area contributed by atoms with E-state index in [1.54, 1.807) is 22.6 Å². The summed E-state index contributed by atoms with van der Waals surface area (Å²) in [5.74, 6) is -0.902. The fourth-order valence-corrected chi connectivity index (χ4v) is 3.52. The molecule has 0 aliphatic rings. The molecule has 0 rings (SSSR count).